The van der Waals surface area contributed by atoms with Crippen LogP contribution in [0.15, 0.2) is 30.3 Å². The van der Waals surface area contributed by atoms with Crippen LogP contribution in [-0.4, -0.2) is 15.0 Å². The molecule has 0 saturated heterocycles. The van der Waals surface area contributed by atoms with E-state index in [-0.39, 0.29) is 15.0 Å². The molecule has 12 heavy (non-hydrogen) atoms. The number of hydrogen-bond donors (Lipinski definition) is 0. The molecule has 0 aliphatic heterocycles. The first-order valence-electron chi connectivity index (χ1n) is 3.48. The fourth-order valence-electron chi connectivity index (χ4n) is 0.685. The van der Waals surface area contributed by atoms with E-state index >= 15 is 0 Å². The normalized spacial score (nSPS) is 7.92. The summed E-state index contributed by atoms with van der Waals surface area (Å²) in [5.41, 5.74) is 1.03. The van der Waals surface area contributed by atoms with Crippen LogP contribution in [0.5, 0.6) is 0 Å². The summed E-state index contributed by atoms with van der Waals surface area (Å²) in [6, 6.07) is 11.9. The zero-order valence-corrected chi connectivity index (χ0v) is 8.16. The van der Waals surface area contributed by atoms with Gasteiger partial charge in [0.2, 0.25) is 0 Å². The molecule has 0 amide bonds. The van der Waals surface area contributed by atoms with Crippen molar-refractivity contribution in [3.63, 3.8) is 0 Å². The minimum absolute atomic E-state index is 0.157. The Morgan fingerprint density at radius 3 is 2.67 bits per heavy atom. The van der Waals surface area contributed by atoms with E-state index < -0.39 is 0 Å². The molecule has 2 heteroatoms. The summed E-state index contributed by atoms with van der Waals surface area (Å²) in [6.07, 6.45) is 0. The summed E-state index contributed by atoms with van der Waals surface area (Å²) in [5, 5.41) is 8.84. The molecule has 1 rings (SSSR count). The van der Waals surface area contributed by atoms with Crippen LogP contribution in [0, 0.1) is 22.1 Å². The number of benzene rings is 1. The summed E-state index contributed by atoms with van der Waals surface area (Å²) in [4.78, 5) is 2.99. The molecule has 0 spiro atoms. The molecule has 0 radical (unpaired) electrons. The molecule has 0 bridgehead atoms. The number of nitrogens with zero attached hydrogens (tertiary/aromatic N) is 1. The molecule has 0 aliphatic rings. The summed E-state index contributed by atoms with van der Waals surface area (Å²) in [7, 11) is 0. The molecule has 0 unspecified atom stereocenters. The van der Waals surface area contributed by atoms with Crippen LogP contribution in [0.4, 0.5) is 0 Å². The van der Waals surface area contributed by atoms with Crippen LogP contribution in [-0.2, 0) is 0 Å². The van der Waals surface area contributed by atoms with Gasteiger partial charge in [-0.1, -0.05) is 0 Å². The van der Waals surface area contributed by atoms with E-state index in [4.69, 9.17) is 5.26 Å². The second-order valence-electron chi connectivity index (χ2n) is 2.04. The first-order chi connectivity index (χ1) is 5.93. The quantitative estimate of drug-likeness (QED) is 0.401. The molecule has 1 aromatic rings. The molecule has 0 aliphatic carbocycles. The SMILES string of the molecule is N#CC[Se]C#Cc1ccccc1. The fraction of sp³-hybridized carbons (Fsp3) is 0.100. The monoisotopic (exact) mass is 221 g/mol. The molecule has 1 nitrogen and oxygen atoms in total. The Morgan fingerprint density at radius 2 is 2.00 bits per heavy atom. The minimum atomic E-state index is 0.157. The molecule has 0 saturated carbocycles. The van der Waals surface area contributed by atoms with Gasteiger partial charge in [-0.3, -0.25) is 0 Å². The van der Waals surface area contributed by atoms with Crippen molar-refractivity contribution >= 4 is 15.0 Å². The van der Waals surface area contributed by atoms with Gasteiger partial charge in [0.25, 0.3) is 0 Å². The summed E-state index contributed by atoms with van der Waals surface area (Å²) < 4.78 is 0. The molecular formula is C10H7NSe. The van der Waals surface area contributed by atoms with Crippen molar-refractivity contribution in [2.45, 2.75) is 5.32 Å². The summed E-state index contributed by atoms with van der Waals surface area (Å²) in [5.74, 6) is 3.01. The zero-order valence-electron chi connectivity index (χ0n) is 6.45. The second kappa shape index (κ2) is 5.44. The molecule has 0 fully saturated rings. The van der Waals surface area contributed by atoms with Crippen molar-refractivity contribution < 1.29 is 0 Å². The molecule has 0 heterocycles. The Morgan fingerprint density at radius 1 is 1.25 bits per heavy atom. The van der Waals surface area contributed by atoms with Crippen LogP contribution in [0.1, 0.15) is 5.56 Å². The van der Waals surface area contributed by atoms with Crippen molar-refractivity contribution in [2.75, 3.05) is 0 Å². The average molecular weight is 220 g/mol. The van der Waals surface area contributed by atoms with Crippen molar-refractivity contribution in [1.29, 1.82) is 5.26 Å². The third-order valence-corrected chi connectivity index (χ3v) is 2.27. The van der Waals surface area contributed by atoms with E-state index in [1.807, 2.05) is 30.3 Å². The molecule has 1 aromatic carbocycles. The van der Waals surface area contributed by atoms with Crippen LogP contribution >= 0.6 is 0 Å². The third kappa shape index (κ3) is 3.26. The maximum atomic E-state index is 8.26. The first-order valence-corrected chi connectivity index (χ1v) is 5.55. The maximum absolute atomic E-state index is 8.26. The van der Waals surface area contributed by atoms with Gasteiger partial charge >= 0.3 is 78.2 Å². The number of nitriles is 1. The zero-order chi connectivity index (χ0) is 8.65. The van der Waals surface area contributed by atoms with Crippen LogP contribution in [0.2, 0.25) is 5.32 Å². The first kappa shape index (κ1) is 8.88. The van der Waals surface area contributed by atoms with E-state index in [0.29, 0.717) is 5.32 Å². The molecule has 0 atom stereocenters. The van der Waals surface area contributed by atoms with Gasteiger partial charge in [-0.25, -0.2) is 0 Å². The Labute approximate surface area is 78.6 Å². The second-order valence-corrected chi connectivity index (χ2v) is 3.68. The molecule has 58 valence electrons. The van der Waals surface area contributed by atoms with Crippen molar-refractivity contribution in [3.8, 4) is 16.8 Å². The van der Waals surface area contributed by atoms with Crippen LogP contribution in [0.25, 0.3) is 0 Å². The van der Waals surface area contributed by atoms with Crippen molar-refractivity contribution in [1.82, 2.24) is 0 Å². The van der Waals surface area contributed by atoms with Crippen molar-refractivity contribution in [2.24, 2.45) is 0 Å². The molecule has 0 aromatic heterocycles. The Kier molecular flexibility index (Phi) is 4.03. The standard InChI is InChI=1S/C10H7NSe/c11-7-9-12-8-6-10-4-2-1-3-5-10/h1-5H,9H2. The predicted octanol–water partition coefficient (Wildman–Crippen LogP) is 1.64. The number of rotatable bonds is 1. The van der Waals surface area contributed by atoms with Gasteiger partial charge in [-0.15, -0.1) is 0 Å². The van der Waals surface area contributed by atoms with Gasteiger partial charge in [-0.05, 0) is 0 Å². The summed E-state index contributed by atoms with van der Waals surface area (Å²) >= 11 is 0.157. The van der Waals surface area contributed by atoms with Gasteiger partial charge in [-0.2, -0.15) is 0 Å². The Bertz CT molecular complexity index is 326. The van der Waals surface area contributed by atoms with Gasteiger partial charge in [0, 0.05) is 0 Å². The van der Waals surface area contributed by atoms with Gasteiger partial charge in [0.15, 0.2) is 0 Å². The molecule has 0 N–H and O–H groups in total. The molecular weight excluding hydrogens is 213 g/mol. The summed E-state index contributed by atoms with van der Waals surface area (Å²) in [6.45, 7) is 0. The van der Waals surface area contributed by atoms with E-state index in [9.17, 15) is 0 Å². The Balaban J connectivity index is 2.51. The Hall–Kier alpha value is -1.21. The van der Waals surface area contributed by atoms with E-state index in [2.05, 4.69) is 16.8 Å². The van der Waals surface area contributed by atoms with E-state index in [1.165, 1.54) is 0 Å². The van der Waals surface area contributed by atoms with Gasteiger partial charge in [0.1, 0.15) is 0 Å². The number of hydrogen-bond acceptors (Lipinski definition) is 1. The van der Waals surface area contributed by atoms with Crippen molar-refractivity contribution in [3.05, 3.63) is 35.9 Å². The van der Waals surface area contributed by atoms with E-state index in [1.54, 1.807) is 0 Å². The third-order valence-electron chi connectivity index (χ3n) is 1.18. The van der Waals surface area contributed by atoms with Crippen LogP contribution in [0.3, 0.4) is 0 Å². The topological polar surface area (TPSA) is 23.8 Å². The van der Waals surface area contributed by atoms with Crippen LogP contribution < -0.4 is 0 Å². The van der Waals surface area contributed by atoms with Gasteiger partial charge < -0.3 is 0 Å². The van der Waals surface area contributed by atoms with E-state index in [0.717, 1.165) is 5.56 Å². The average Bonchev–Trinajstić information content (AvgIpc) is 2.14. The predicted molar refractivity (Wildman–Crippen MR) is 49.5 cm³/mol. The van der Waals surface area contributed by atoms with Gasteiger partial charge in [0.05, 0.1) is 0 Å². The fourth-order valence-corrected chi connectivity index (χ4v) is 1.37.